The minimum absolute atomic E-state index is 0.0156. The number of carbonyl (C=O) groups is 3. The van der Waals surface area contributed by atoms with Crippen molar-refractivity contribution in [2.75, 3.05) is 102 Å². The van der Waals surface area contributed by atoms with Crippen molar-refractivity contribution in [3.63, 3.8) is 0 Å². The van der Waals surface area contributed by atoms with Crippen LogP contribution in [0.15, 0.2) is 85.1 Å². The van der Waals surface area contributed by atoms with E-state index in [1.807, 2.05) is 48.5 Å². The van der Waals surface area contributed by atoms with Crippen LogP contribution in [-0.4, -0.2) is 135 Å². The Bertz CT molecular complexity index is 2090. The molecule has 0 radical (unpaired) electrons. The number of aromatic nitrogens is 1. The van der Waals surface area contributed by atoms with E-state index >= 15 is 0 Å². The molecule has 1 aromatic heterocycles. The van der Waals surface area contributed by atoms with E-state index in [-0.39, 0.29) is 37.5 Å². The number of nitrogens with one attached hydrogen (secondary N) is 3. The third kappa shape index (κ3) is 15.9. The zero-order chi connectivity index (χ0) is 46.3. The molecule has 3 amide bonds. The summed E-state index contributed by atoms with van der Waals surface area (Å²) in [5.74, 6) is 0.631. The molecule has 0 bridgehead atoms. The molecule has 5 rings (SSSR count). The number of pyridine rings is 1. The molecule has 0 saturated heterocycles. The fourth-order valence-electron chi connectivity index (χ4n) is 7.36. The van der Waals surface area contributed by atoms with Crippen LogP contribution >= 0.6 is 11.8 Å². The molecule has 16 heteroatoms. The van der Waals surface area contributed by atoms with E-state index < -0.39 is 31.3 Å². The number of hydrogen-bond acceptors (Lipinski definition) is 13. The fraction of sp³-hybridized carbons (Fsp3) is 0.469. The Morgan fingerprint density at radius 2 is 1.45 bits per heavy atom. The normalized spacial score (nSPS) is 13.5. The smallest absolute Gasteiger partial charge is 0.255 e. The summed E-state index contributed by atoms with van der Waals surface area (Å²) in [7, 11) is 0. The van der Waals surface area contributed by atoms with Crippen molar-refractivity contribution in [3.8, 4) is 11.3 Å². The molecule has 0 aliphatic heterocycles. The first kappa shape index (κ1) is 51.1. The maximum Gasteiger partial charge on any atom is 0.255 e. The van der Waals surface area contributed by atoms with Gasteiger partial charge >= 0.3 is 0 Å². The van der Waals surface area contributed by atoms with Gasteiger partial charge in [0.1, 0.15) is 5.54 Å². The second-order valence-electron chi connectivity index (χ2n) is 15.7. The Balaban J connectivity index is 1.02. The summed E-state index contributed by atoms with van der Waals surface area (Å²) in [5.41, 5.74) is 5.98. The summed E-state index contributed by atoms with van der Waals surface area (Å²) in [6, 6.07) is 25.3. The lowest BCUT2D eigenvalue weighted by molar-refractivity contribution is -0.126. The molecule has 0 saturated carbocycles. The van der Waals surface area contributed by atoms with Crippen LogP contribution in [0.5, 0.6) is 0 Å². The number of nitrogens with zero attached hydrogens (tertiary/aromatic N) is 2. The van der Waals surface area contributed by atoms with Crippen LogP contribution in [0.3, 0.4) is 0 Å². The molecule has 15 nitrogen and oxygen atoms in total. The molecule has 352 valence electrons. The summed E-state index contributed by atoms with van der Waals surface area (Å²) in [6.45, 7) is 7.06. The number of carbonyl (C=O) groups excluding carboxylic acids is 3. The van der Waals surface area contributed by atoms with Crippen LogP contribution in [-0.2, 0) is 35.9 Å². The van der Waals surface area contributed by atoms with Crippen LogP contribution in [0.25, 0.3) is 11.3 Å². The molecular formula is C49H65N5O10S. The van der Waals surface area contributed by atoms with Gasteiger partial charge in [-0.05, 0) is 92.3 Å². The maximum absolute atomic E-state index is 13.8. The summed E-state index contributed by atoms with van der Waals surface area (Å²) in [5, 5.41) is 36.7. The lowest BCUT2D eigenvalue weighted by Crippen LogP contribution is -2.57. The van der Waals surface area contributed by atoms with E-state index in [4.69, 9.17) is 18.9 Å². The molecule has 1 atom stereocenters. The summed E-state index contributed by atoms with van der Waals surface area (Å²) >= 11 is 1.71. The number of rotatable bonds is 29. The first-order valence-corrected chi connectivity index (χ1v) is 23.5. The first-order chi connectivity index (χ1) is 31.7. The van der Waals surface area contributed by atoms with Gasteiger partial charge in [0.15, 0.2) is 0 Å². The van der Waals surface area contributed by atoms with Gasteiger partial charge in [0.05, 0.1) is 90.1 Å². The van der Waals surface area contributed by atoms with E-state index in [0.717, 1.165) is 54.9 Å². The lowest BCUT2D eigenvalue weighted by Gasteiger charge is -2.28. The minimum Gasteiger partial charge on any atom is -0.394 e. The Kier molecular flexibility index (Phi) is 21.6. The lowest BCUT2D eigenvalue weighted by atomic mass is 9.87. The van der Waals surface area contributed by atoms with E-state index in [1.165, 1.54) is 11.1 Å². The van der Waals surface area contributed by atoms with Crippen LogP contribution in [0, 0.1) is 0 Å². The first-order valence-electron chi connectivity index (χ1n) is 22.4. The molecule has 3 aromatic carbocycles. The Morgan fingerprint density at radius 1 is 0.769 bits per heavy atom. The average Bonchev–Trinajstić information content (AvgIpc) is 3.34. The van der Waals surface area contributed by atoms with Gasteiger partial charge in [-0.25, -0.2) is 0 Å². The van der Waals surface area contributed by atoms with Gasteiger partial charge in [-0.15, -0.1) is 0 Å². The number of amides is 3. The topological polar surface area (TPSA) is 201 Å². The van der Waals surface area contributed by atoms with Gasteiger partial charge in [-0.3, -0.25) is 19.4 Å². The number of aryl methyl sites for hydroxylation is 1. The van der Waals surface area contributed by atoms with Crippen LogP contribution < -0.4 is 20.9 Å². The number of fused-ring (bicyclic) bond motifs is 1. The molecule has 0 spiro atoms. The second-order valence-corrected chi connectivity index (χ2v) is 16.8. The quantitative estimate of drug-likeness (QED) is 0.0390. The summed E-state index contributed by atoms with van der Waals surface area (Å²) in [4.78, 5) is 46.3. The number of benzene rings is 3. The minimum atomic E-state index is -1.45. The number of aliphatic hydroxyl groups excluding tert-OH is 3. The molecule has 1 aliphatic rings. The zero-order valence-electron chi connectivity index (χ0n) is 37.6. The van der Waals surface area contributed by atoms with Crippen molar-refractivity contribution in [3.05, 3.63) is 113 Å². The maximum atomic E-state index is 13.8. The summed E-state index contributed by atoms with van der Waals surface area (Å²) in [6.07, 6.45) is 4.58. The highest BCUT2D eigenvalue weighted by Crippen LogP contribution is 2.33. The van der Waals surface area contributed by atoms with E-state index in [9.17, 15) is 29.7 Å². The van der Waals surface area contributed by atoms with Gasteiger partial charge in [0.25, 0.3) is 11.8 Å². The van der Waals surface area contributed by atoms with Crippen LogP contribution in [0.1, 0.15) is 76.6 Å². The molecule has 1 heterocycles. The predicted molar refractivity (Wildman–Crippen MR) is 253 cm³/mol. The van der Waals surface area contributed by atoms with E-state index in [2.05, 4.69) is 51.8 Å². The van der Waals surface area contributed by atoms with Gasteiger partial charge in [-0.2, -0.15) is 11.8 Å². The largest absolute Gasteiger partial charge is 0.394 e. The standard InChI is InChI=1S/C49H65N5O10S/c1-3-54(4-2)40-15-16-44(42(31-40)45-30-39(17-19-50-45)48(60)51-43-14-8-11-37-10-5-6-13-41(37)43)52-47(59)38-12-7-9-36(29-38)32-65-28-27-64-26-25-63-24-23-62-22-21-61-20-18-46(58)53-49(33-55,34-56)35-57/h5-7,9-10,12-13,15-17,19,29-31,43,55-57H,3-4,8,11,14,18,20-28,32-35H2,1-2H3,(H,51,60)(H,52,59)(H,53,58). The molecule has 1 aliphatic carbocycles. The Hall–Kier alpha value is -4.91. The molecule has 65 heavy (non-hydrogen) atoms. The van der Waals surface area contributed by atoms with Crippen molar-refractivity contribution in [1.29, 1.82) is 0 Å². The highest BCUT2D eigenvalue weighted by molar-refractivity contribution is 7.98. The van der Waals surface area contributed by atoms with Gasteiger partial charge in [0.2, 0.25) is 5.91 Å². The predicted octanol–water partition coefficient (Wildman–Crippen LogP) is 5.18. The number of hydrogen-bond donors (Lipinski definition) is 6. The third-order valence-corrected chi connectivity index (χ3v) is 12.1. The van der Waals surface area contributed by atoms with Crippen molar-refractivity contribution in [2.45, 2.75) is 56.9 Å². The Labute approximate surface area is 386 Å². The third-order valence-electron chi connectivity index (χ3n) is 11.1. The number of aliphatic hydroxyl groups is 3. The summed E-state index contributed by atoms with van der Waals surface area (Å²) < 4.78 is 22.1. The van der Waals surface area contributed by atoms with E-state index in [1.54, 1.807) is 36.2 Å². The van der Waals surface area contributed by atoms with E-state index in [0.29, 0.717) is 67.9 Å². The second kappa shape index (κ2) is 27.5. The highest BCUT2D eigenvalue weighted by Gasteiger charge is 2.29. The monoisotopic (exact) mass is 915 g/mol. The van der Waals surface area contributed by atoms with Crippen LogP contribution in [0.2, 0.25) is 0 Å². The number of ether oxygens (including phenoxy) is 4. The van der Waals surface area contributed by atoms with Gasteiger partial charge in [0, 0.05) is 59.6 Å². The molecule has 6 N–H and O–H groups in total. The molecule has 1 unspecified atom stereocenters. The van der Waals surface area contributed by atoms with Crippen LogP contribution in [0.4, 0.5) is 11.4 Å². The van der Waals surface area contributed by atoms with Crippen molar-refractivity contribution >= 4 is 40.9 Å². The van der Waals surface area contributed by atoms with Crippen molar-refractivity contribution < 1.29 is 48.7 Å². The molecule has 4 aromatic rings. The zero-order valence-corrected chi connectivity index (χ0v) is 38.4. The van der Waals surface area contributed by atoms with Gasteiger partial charge in [-0.1, -0.05) is 36.4 Å². The Morgan fingerprint density at radius 3 is 2.15 bits per heavy atom. The molecular weight excluding hydrogens is 851 g/mol. The van der Waals surface area contributed by atoms with Gasteiger partial charge < -0.3 is 55.1 Å². The average molecular weight is 916 g/mol. The number of anilines is 2. The van der Waals surface area contributed by atoms with Crippen molar-refractivity contribution in [1.82, 2.24) is 15.6 Å². The SMILES string of the molecule is CCN(CC)c1ccc(NC(=O)c2cccc(CSCCOCCOCCOCCOCCC(=O)NC(CO)(CO)CO)c2)c(-c2cc(C(=O)NC3CCCc4ccccc43)ccn2)c1. The fourth-order valence-corrected chi connectivity index (χ4v) is 8.16. The molecule has 0 fully saturated rings. The highest BCUT2D eigenvalue weighted by atomic mass is 32.2. The van der Waals surface area contributed by atoms with Crippen molar-refractivity contribution in [2.24, 2.45) is 0 Å². The number of thioether (sulfide) groups is 1.